The molecule has 0 aromatic carbocycles. The summed E-state index contributed by atoms with van der Waals surface area (Å²) < 4.78 is 10.2. The highest BCUT2D eigenvalue weighted by Crippen LogP contribution is 2.23. The fourth-order valence-electron chi connectivity index (χ4n) is 2.20. The van der Waals surface area contributed by atoms with Crippen molar-refractivity contribution in [3.8, 4) is 0 Å². The molecule has 0 aromatic rings. The molecular formula is C11H18N2O5. The van der Waals surface area contributed by atoms with Crippen molar-refractivity contribution in [2.75, 3.05) is 20.3 Å². The Morgan fingerprint density at radius 3 is 2.67 bits per heavy atom. The highest BCUT2D eigenvalue weighted by atomic mass is 16.5. The number of aliphatic carboxylic acids is 1. The summed E-state index contributed by atoms with van der Waals surface area (Å²) in [7, 11) is 1.64. The summed E-state index contributed by atoms with van der Waals surface area (Å²) in [5.74, 6) is -1.06. The number of rotatable bonds is 4. The largest absolute Gasteiger partial charge is 0.479 e. The van der Waals surface area contributed by atoms with E-state index in [0.717, 1.165) is 12.8 Å². The van der Waals surface area contributed by atoms with Crippen molar-refractivity contribution < 1.29 is 24.2 Å². The van der Waals surface area contributed by atoms with Crippen LogP contribution in [0.15, 0.2) is 0 Å². The monoisotopic (exact) mass is 258 g/mol. The van der Waals surface area contributed by atoms with Gasteiger partial charge in [-0.3, -0.25) is 0 Å². The SMILES string of the molecule is COC1CC(NC(=O)NC2(C(=O)O)CCOC2)C1. The van der Waals surface area contributed by atoms with E-state index in [1.165, 1.54) is 0 Å². The molecular weight excluding hydrogens is 240 g/mol. The number of carbonyl (C=O) groups is 2. The summed E-state index contributed by atoms with van der Waals surface area (Å²) >= 11 is 0. The van der Waals surface area contributed by atoms with E-state index < -0.39 is 17.5 Å². The molecule has 1 aliphatic carbocycles. The predicted molar refractivity (Wildman–Crippen MR) is 61.3 cm³/mol. The summed E-state index contributed by atoms with van der Waals surface area (Å²) in [5.41, 5.74) is -1.28. The quantitative estimate of drug-likeness (QED) is 0.643. The smallest absolute Gasteiger partial charge is 0.332 e. The van der Waals surface area contributed by atoms with Gasteiger partial charge < -0.3 is 25.2 Å². The number of carbonyl (C=O) groups excluding carboxylic acids is 1. The number of carboxylic acid groups (broad SMARTS) is 1. The van der Waals surface area contributed by atoms with E-state index in [1.54, 1.807) is 7.11 Å². The van der Waals surface area contributed by atoms with E-state index in [-0.39, 0.29) is 18.8 Å². The zero-order chi connectivity index (χ0) is 13.2. The first-order chi connectivity index (χ1) is 8.55. The molecule has 2 amide bonds. The normalized spacial score (nSPS) is 34.7. The van der Waals surface area contributed by atoms with E-state index in [2.05, 4.69) is 10.6 Å². The molecule has 2 rings (SSSR count). The van der Waals surface area contributed by atoms with Crippen LogP contribution in [0, 0.1) is 0 Å². The van der Waals surface area contributed by atoms with Crippen LogP contribution in [0.5, 0.6) is 0 Å². The molecule has 1 saturated carbocycles. The highest BCUT2D eigenvalue weighted by Gasteiger charge is 2.44. The second-order valence-corrected chi connectivity index (χ2v) is 4.81. The van der Waals surface area contributed by atoms with E-state index in [4.69, 9.17) is 14.6 Å². The Bertz CT molecular complexity index is 334. The van der Waals surface area contributed by atoms with Crippen LogP contribution in [0.2, 0.25) is 0 Å². The summed E-state index contributed by atoms with van der Waals surface area (Å²) in [5, 5.41) is 14.4. The number of methoxy groups -OCH3 is 1. The fourth-order valence-corrected chi connectivity index (χ4v) is 2.20. The van der Waals surface area contributed by atoms with Crippen molar-refractivity contribution in [1.82, 2.24) is 10.6 Å². The molecule has 102 valence electrons. The Hall–Kier alpha value is -1.34. The molecule has 0 bridgehead atoms. The lowest BCUT2D eigenvalue weighted by Gasteiger charge is -2.35. The molecule has 7 nitrogen and oxygen atoms in total. The van der Waals surface area contributed by atoms with E-state index in [9.17, 15) is 9.59 Å². The molecule has 1 saturated heterocycles. The average Bonchev–Trinajstić information content (AvgIpc) is 2.72. The average molecular weight is 258 g/mol. The minimum atomic E-state index is -1.28. The van der Waals surface area contributed by atoms with Crippen LogP contribution in [0.25, 0.3) is 0 Å². The third kappa shape index (κ3) is 2.56. The summed E-state index contributed by atoms with van der Waals surface area (Å²) in [6.07, 6.45) is 2.01. The Balaban J connectivity index is 1.81. The zero-order valence-electron chi connectivity index (χ0n) is 10.3. The number of amides is 2. The summed E-state index contributed by atoms with van der Waals surface area (Å²) in [4.78, 5) is 22.9. The molecule has 0 radical (unpaired) electrons. The molecule has 2 fully saturated rings. The van der Waals surface area contributed by atoms with Crippen molar-refractivity contribution in [3.63, 3.8) is 0 Å². The van der Waals surface area contributed by atoms with Crippen LogP contribution in [-0.2, 0) is 14.3 Å². The van der Waals surface area contributed by atoms with E-state index >= 15 is 0 Å². The van der Waals surface area contributed by atoms with Crippen molar-refractivity contribution in [2.24, 2.45) is 0 Å². The lowest BCUT2D eigenvalue weighted by molar-refractivity contribution is -0.144. The van der Waals surface area contributed by atoms with Crippen molar-refractivity contribution in [3.05, 3.63) is 0 Å². The van der Waals surface area contributed by atoms with Gasteiger partial charge in [-0.25, -0.2) is 9.59 Å². The molecule has 3 N–H and O–H groups in total. The third-order valence-corrected chi connectivity index (χ3v) is 3.55. The lowest BCUT2D eigenvalue weighted by Crippen LogP contribution is -2.60. The van der Waals surface area contributed by atoms with Crippen LogP contribution in [0.1, 0.15) is 19.3 Å². The number of hydrogen-bond donors (Lipinski definition) is 3. The lowest BCUT2D eigenvalue weighted by atomic mass is 9.89. The second kappa shape index (κ2) is 5.11. The topological polar surface area (TPSA) is 96.9 Å². The fraction of sp³-hybridized carbons (Fsp3) is 0.818. The van der Waals surface area contributed by atoms with Gasteiger partial charge in [-0.2, -0.15) is 0 Å². The molecule has 0 spiro atoms. The van der Waals surface area contributed by atoms with Crippen LogP contribution >= 0.6 is 0 Å². The first-order valence-electron chi connectivity index (χ1n) is 5.98. The maximum atomic E-state index is 11.7. The van der Waals surface area contributed by atoms with Crippen LogP contribution in [0.3, 0.4) is 0 Å². The number of hydrogen-bond acceptors (Lipinski definition) is 4. The first kappa shape index (κ1) is 13.1. The van der Waals surface area contributed by atoms with Gasteiger partial charge in [0.2, 0.25) is 0 Å². The standard InChI is InChI=1S/C11H18N2O5/c1-17-8-4-7(5-8)12-10(16)13-11(9(14)15)2-3-18-6-11/h7-8H,2-6H2,1H3,(H,14,15)(H2,12,13,16). The van der Waals surface area contributed by atoms with Gasteiger partial charge in [0.1, 0.15) is 0 Å². The van der Waals surface area contributed by atoms with Gasteiger partial charge in [-0.05, 0) is 12.8 Å². The van der Waals surface area contributed by atoms with Crippen LogP contribution in [0.4, 0.5) is 4.79 Å². The van der Waals surface area contributed by atoms with Crippen molar-refractivity contribution in [2.45, 2.75) is 36.9 Å². The Morgan fingerprint density at radius 2 is 2.17 bits per heavy atom. The van der Waals surface area contributed by atoms with Gasteiger partial charge in [0.25, 0.3) is 0 Å². The van der Waals surface area contributed by atoms with Crippen molar-refractivity contribution in [1.29, 1.82) is 0 Å². The van der Waals surface area contributed by atoms with Gasteiger partial charge in [0.05, 0.1) is 12.7 Å². The van der Waals surface area contributed by atoms with Crippen molar-refractivity contribution >= 4 is 12.0 Å². The Morgan fingerprint density at radius 1 is 1.44 bits per heavy atom. The van der Waals surface area contributed by atoms with Gasteiger partial charge in [0.15, 0.2) is 5.54 Å². The molecule has 7 heteroatoms. The predicted octanol–water partition coefficient (Wildman–Crippen LogP) is -0.293. The highest BCUT2D eigenvalue weighted by molar-refractivity contribution is 5.86. The number of nitrogens with one attached hydrogen (secondary N) is 2. The minimum Gasteiger partial charge on any atom is -0.479 e. The number of urea groups is 1. The minimum absolute atomic E-state index is 0.0150. The van der Waals surface area contributed by atoms with Gasteiger partial charge in [0, 0.05) is 26.2 Å². The maximum Gasteiger partial charge on any atom is 0.332 e. The van der Waals surface area contributed by atoms with E-state index in [1.807, 2.05) is 0 Å². The molecule has 0 aromatic heterocycles. The van der Waals surface area contributed by atoms with Gasteiger partial charge >= 0.3 is 12.0 Å². The second-order valence-electron chi connectivity index (χ2n) is 4.81. The zero-order valence-corrected chi connectivity index (χ0v) is 10.3. The third-order valence-electron chi connectivity index (χ3n) is 3.55. The van der Waals surface area contributed by atoms with Crippen LogP contribution in [-0.4, -0.2) is 55.1 Å². The molecule has 1 atom stereocenters. The maximum absolute atomic E-state index is 11.7. The van der Waals surface area contributed by atoms with Gasteiger partial charge in [-0.1, -0.05) is 0 Å². The Labute approximate surface area is 105 Å². The number of carboxylic acids is 1. The summed E-state index contributed by atoms with van der Waals surface area (Å²) in [6, 6.07) is -0.398. The molecule has 2 aliphatic rings. The molecule has 1 aliphatic heterocycles. The van der Waals surface area contributed by atoms with Crippen LogP contribution < -0.4 is 10.6 Å². The first-order valence-corrected chi connectivity index (χ1v) is 5.98. The molecule has 18 heavy (non-hydrogen) atoms. The molecule has 1 unspecified atom stereocenters. The summed E-state index contributed by atoms with van der Waals surface area (Å²) in [6.45, 7) is 0.364. The number of ether oxygens (including phenoxy) is 2. The van der Waals surface area contributed by atoms with Gasteiger partial charge in [-0.15, -0.1) is 0 Å². The molecule has 1 heterocycles. The van der Waals surface area contributed by atoms with E-state index in [0.29, 0.717) is 13.0 Å². The Kier molecular flexibility index (Phi) is 3.72.